The van der Waals surface area contributed by atoms with Gasteiger partial charge >= 0.3 is 0 Å². The lowest BCUT2D eigenvalue weighted by molar-refractivity contribution is 0.102. The topological polar surface area (TPSA) is 61.0 Å². The van der Waals surface area contributed by atoms with Gasteiger partial charge in [-0.15, -0.1) is 0 Å². The van der Waals surface area contributed by atoms with Crippen LogP contribution in [0.4, 0.5) is 15.8 Å². The number of halogens is 1. The lowest BCUT2D eigenvalue weighted by Crippen LogP contribution is -2.19. The van der Waals surface area contributed by atoms with Gasteiger partial charge in [0.1, 0.15) is 5.82 Å². The van der Waals surface area contributed by atoms with Gasteiger partial charge in [0.2, 0.25) is 0 Å². The standard InChI is InChI=1S/C14H15FN4O/c15-12-7-11(18-14(20)10-8-16-17-9-10)3-4-13(12)19-5-1-2-6-19/h3-4,7-9H,1-2,5-6H2,(H,16,17)(H,18,20). The number of rotatable bonds is 3. The summed E-state index contributed by atoms with van der Waals surface area (Å²) in [5.41, 5.74) is 1.45. The molecule has 1 aromatic heterocycles. The fourth-order valence-corrected chi connectivity index (χ4v) is 2.38. The van der Waals surface area contributed by atoms with Gasteiger partial charge in [-0.3, -0.25) is 9.89 Å². The Balaban J connectivity index is 1.75. The maximum Gasteiger partial charge on any atom is 0.258 e. The van der Waals surface area contributed by atoms with Gasteiger partial charge in [0.25, 0.3) is 5.91 Å². The van der Waals surface area contributed by atoms with Gasteiger partial charge in [0.15, 0.2) is 0 Å². The molecule has 5 nitrogen and oxygen atoms in total. The van der Waals surface area contributed by atoms with Crippen molar-refractivity contribution >= 4 is 17.3 Å². The summed E-state index contributed by atoms with van der Waals surface area (Å²) in [5.74, 6) is -0.621. The van der Waals surface area contributed by atoms with Crippen molar-refractivity contribution in [2.75, 3.05) is 23.3 Å². The lowest BCUT2D eigenvalue weighted by Gasteiger charge is -2.18. The van der Waals surface area contributed by atoms with E-state index in [0.29, 0.717) is 16.9 Å². The lowest BCUT2D eigenvalue weighted by atomic mass is 10.2. The van der Waals surface area contributed by atoms with Gasteiger partial charge in [0.05, 0.1) is 17.4 Å². The zero-order valence-electron chi connectivity index (χ0n) is 10.9. The number of amides is 1. The molecular weight excluding hydrogens is 259 g/mol. The smallest absolute Gasteiger partial charge is 0.258 e. The SMILES string of the molecule is O=C(Nc1ccc(N2CCCC2)c(F)c1)c1cn[nH]c1. The maximum absolute atomic E-state index is 14.1. The molecule has 2 N–H and O–H groups in total. The number of H-pyrrole nitrogens is 1. The van der Waals surface area contributed by atoms with E-state index in [1.165, 1.54) is 18.5 Å². The van der Waals surface area contributed by atoms with Gasteiger partial charge < -0.3 is 10.2 Å². The fourth-order valence-electron chi connectivity index (χ4n) is 2.38. The number of aromatic nitrogens is 2. The number of nitrogens with one attached hydrogen (secondary N) is 2. The summed E-state index contributed by atoms with van der Waals surface area (Å²) in [6, 6.07) is 4.78. The van der Waals surface area contributed by atoms with Crippen LogP contribution in [0.15, 0.2) is 30.6 Å². The van der Waals surface area contributed by atoms with E-state index in [-0.39, 0.29) is 11.7 Å². The fraction of sp³-hybridized carbons (Fsp3) is 0.286. The highest BCUT2D eigenvalue weighted by Crippen LogP contribution is 2.26. The molecule has 0 bridgehead atoms. The Morgan fingerprint density at radius 2 is 2.15 bits per heavy atom. The molecule has 0 spiro atoms. The molecule has 6 heteroatoms. The van der Waals surface area contributed by atoms with Crippen molar-refractivity contribution in [3.63, 3.8) is 0 Å². The van der Waals surface area contributed by atoms with E-state index in [1.807, 2.05) is 4.90 Å². The molecule has 2 aromatic rings. The molecule has 1 aromatic carbocycles. The molecule has 104 valence electrons. The molecular formula is C14H15FN4O. The average Bonchev–Trinajstić information content (AvgIpc) is 3.12. The predicted molar refractivity (Wildman–Crippen MR) is 74.4 cm³/mol. The molecule has 0 unspecified atom stereocenters. The Kier molecular flexibility index (Phi) is 3.37. The summed E-state index contributed by atoms with van der Waals surface area (Å²) in [5, 5.41) is 8.91. The van der Waals surface area contributed by atoms with Crippen molar-refractivity contribution in [2.24, 2.45) is 0 Å². The zero-order valence-corrected chi connectivity index (χ0v) is 10.9. The third-order valence-electron chi connectivity index (χ3n) is 3.41. The number of hydrogen-bond donors (Lipinski definition) is 2. The predicted octanol–water partition coefficient (Wildman–Crippen LogP) is 2.40. The number of carbonyl (C=O) groups is 1. The van der Waals surface area contributed by atoms with Gasteiger partial charge in [-0.2, -0.15) is 5.10 Å². The second-order valence-corrected chi connectivity index (χ2v) is 4.80. The molecule has 0 saturated carbocycles. The zero-order chi connectivity index (χ0) is 13.9. The van der Waals surface area contributed by atoms with E-state index in [1.54, 1.807) is 12.1 Å². The summed E-state index contributed by atoms with van der Waals surface area (Å²) >= 11 is 0. The maximum atomic E-state index is 14.1. The van der Waals surface area contributed by atoms with Crippen molar-refractivity contribution in [1.82, 2.24) is 10.2 Å². The quantitative estimate of drug-likeness (QED) is 0.903. The van der Waals surface area contributed by atoms with E-state index >= 15 is 0 Å². The van der Waals surface area contributed by atoms with Crippen LogP contribution in [0, 0.1) is 5.82 Å². The largest absolute Gasteiger partial charge is 0.369 e. The van der Waals surface area contributed by atoms with Gasteiger partial charge in [0, 0.05) is 25.0 Å². The summed E-state index contributed by atoms with van der Waals surface area (Å²) in [6.45, 7) is 1.77. The summed E-state index contributed by atoms with van der Waals surface area (Å²) in [7, 11) is 0. The third kappa shape index (κ3) is 2.49. The molecule has 1 aliphatic rings. The molecule has 20 heavy (non-hydrogen) atoms. The minimum absolute atomic E-state index is 0.308. The van der Waals surface area contributed by atoms with Crippen LogP contribution < -0.4 is 10.2 Å². The highest BCUT2D eigenvalue weighted by atomic mass is 19.1. The molecule has 1 aliphatic heterocycles. The van der Waals surface area contributed by atoms with Crippen LogP contribution in [0.1, 0.15) is 23.2 Å². The Morgan fingerprint density at radius 1 is 1.35 bits per heavy atom. The van der Waals surface area contributed by atoms with Crippen molar-refractivity contribution in [3.8, 4) is 0 Å². The van der Waals surface area contributed by atoms with Crippen LogP contribution in [-0.4, -0.2) is 29.2 Å². The van der Waals surface area contributed by atoms with Crippen molar-refractivity contribution in [1.29, 1.82) is 0 Å². The van der Waals surface area contributed by atoms with E-state index in [9.17, 15) is 9.18 Å². The molecule has 1 amide bonds. The minimum Gasteiger partial charge on any atom is -0.369 e. The summed E-state index contributed by atoms with van der Waals surface area (Å²) < 4.78 is 14.1. The summed E-state index contributed by atoms with van der Waals surface area (Å²) in [4.78, 5) is 13.8. The van der Waals surface area contributed by atoms with Gasteiger partial charge in [-0.1, -0.05) is 0 Å². The second kappa shape index (κ2) is 5.32. The number of benzene rings is 1. The van der Waals surface area contributed by atoms with E-state index in [2.05, 4.69) is 15.5 Å². The van der Waals surface area contributed by atoms with Crippen LogP contribution >= 0.6 is 0 Å². The number of hydrogen-bond acceptors (Lipinski definition) is 3. The molecule has 0 aliphatic carbocycles. The molecule has 3 rings (SSSR count). The van der Waals surface area contributed by atoms with Gasteiger partial charge in [-0.05, 0) is 31.0 Å². The Morgan fingerprint density at radius 3 is 2.80 bits per heavy atom. The van der Waals surface area contributed by atoms with Crippen LogP contribution in [0.25, 0.3) is 0 Å². The van der Waals surface area contributed by atoms with E-state index in [4.69, 9.17) is 0 Å². The number of nitrogens with zero attached hydrogens (tertiary/aromatic N) is 2. The first-order valence-corrected chi connectivity index (χ1v) is 6.59. The first-order chi connectivity index (χ1) is 9.74. The monoisotopic (exact) mass is 274 g/mol. The van der Waals surface area contributed by atoms with Crippen LogP contribution in [0.3, 0.4) is 0 Å². The first-order valence-electron chi connectivity index (χ1n) is 6.59. The first kappa shape index (κ1) is 12.7. The van der Waals surface area contributed by atoms with Gasteiger partial charge in [-0.25, -0.2) is 4.39 Å². The Hall–Kier alpha value is -2.37. The minimum atomic E-state index is -0.313. The van der Waals surface area contributed by atoms with E-state index in [0.717, 1.165) is 25.9 Å². The molecule has 1 saturated heterocycles. The number of aromatic amines is 1. The number of carbonyl (C=O) groups excluding carboxylic acids is 1. The van der Waals surface area contributed by atoms with Crippen LogP contribution in [0.2, 0.25) is 0 Å². The Labute approximate surface area is 115 Å². The molecule has 0 radical (unpaired) electrons. The average molecular weight is 274 g/mol. The van der Waals surface area contributed by atoms with Crippen LogP contribution in [-0.2, 0) is 0 Å². The number of anilines is 2. The molecule has 1 fully saturated rings. The molecule has 2 heterocycles. The second-order valence-electron chi connectivity index (χ2n) is 4.80. The Bertz CT molecular complexity index is 606. The third-order valence-corrected chi connectivity index (χ3v) is 3.41. The van der Waals surface area contributed by atoms with Crippen LogP contribution in [0.5, 0.6) is 0 Å². The highest BCUT2D eigenvalue weighted by Gasteiger charge is 2.16. The highest BCUT2D eigenvalue weighted by molar-refractivity contribution is 6.03. The molecule has 0 atom stereocenters. The van der Waals surface area contributed by atoms with Crippen molar-refractivity contribution in [2.45, 2.75) is 12.8 Å². The van der Waals surface area contributed by atoms with Crippen molar-refractivity contribution < 1.29 is 9.18 Å². The summed E-state index contributed by atoms with van der Waals surface area (Å²) in [6.07, 6.45) is 5.10. The van der Waals surface area contributed by atoms with E-state index < -0.39 is 0 Å². The van der Waals surface area contributed by atoms with Crippen molar-refractivity contribution in [3.05, 3.63) is 42.0 Å². The normalized spacial score (nSPS) is 14.6.